The molecule has 0 unspecified atom stereocenters. The highest BCUT2D eigenvalue weighted by Crippen LogP contribution is 2.29. The van der Waals surface area contributed by atoms with Gasteiger partial charge in [0.1, 0.15) is 0 Å². The summed E-state index contributed by atoms with van der Waals surface area (Å²) in [6.45, 7) is 3.47. The summed E-state index contributed by atoms with van der Waals surface area (Å²) in [6.07, 6.45) is 0. The standard InChI is InChI=1S/C10H15BO3S2/c1-2-14-6-7-15-16-10-5-3-4-9(8-10)11(12)13/h3-5,8,12-13H,2,6-7H2,1H3. The van der Waals surface area contributed by atoms with Gasteiger partial charge in [0.05, 0.1) is 6.61 Å². The third-order valence-corrected chi connectivity index (χ3v) is 4.15. The average molecular weight is 258 g/mol. The fourth-order valence-electron chi connectivity index (χ4n) is 1.07. The second kappa shape index (κ2) is 8.03. The zero-order valence-electron chi connectivity index (χ0n) is 9.13. The van der Waals surface area contributed by atoms with Crippen LogP contribution in [0.1, 0.15) is 6.92 Å². The van der Waals surface area contributed by atoms with Crippen LogP contribution in [-0.4, -0.2) is 36.1 Å². The van der Waals surface area contributed by atoms with Gasteiger partial charge in [-0.3, -0.25) is 0 Å². The van der Waals surface area contributed by atoms with Crippen LogP contribution in [0.2, 0.25) is 0 Å². The Morgan fingerprint density at radius 3 is 2.88 bits per heavy atom. The summed E-state index contributed by atoms with van der Waals surface area (Å²) in [4.78, 5) is 1.02. The molecule has 0 amide bonds. The lowest BCUT2D eigenvalue weighted by Gasteiger charge is -2.04. The molecule has 0 aromatic heterocycles. The Labute approximate surface area is 104 Å². The van der Waals surface area contributed by atoms with Crippen LogP contribution in [-0.2, 0) is 4.74 Å². The number of ether oxygens (including phenoxy) is 1. The fourth-order valence-corrected chi connectivity index (χ4v) is 2.97. The Kier molecular flexibility index (Phi) is 6.99. The van der Waals surface area contributed by atoms with E-state index in [2.05, 4.69) is 0 Å². The third-order valence-electron chi connectivity index (χ3n) is 1.83. The lowest BCUT2D eigenvalue weighted by atomic mass is 9.81. The molecule has 1 aromatic carbocycles. The minimum atomic E-state index is -1.39. The molecule has 0 aliphatic rings. The molecule has 0 radical (unpaired) electrons. The van der Waals surface area contributed by atoms with Gasteiger partial charge in [-0.25, -0.2) is 0 Å². The first kappa shape index (κ1) is 13.9. The van der Waals surface area contributed by atoms with Gasteiger partial charge in [-0.2, -0.15) is 0 Å². The predicted octanol–water partition coefficient (Wildman–Crippen LogP) is 1.14. The van der Waals surface area contributed by atoms with Crippen LogP contribution in [0.25, 0.3) is 0 Å². The largest absolute Gasteiger partial charge is 0.488 e. The topological polar surface area (TPSA) is 49.7 Å². The molecule has 0 spiro atoms. The van der Waals surface area contributed by atoms with Crippen LogP contribution >= 0.6 is 21.6 Å². The molecule has 1 rings (SSSR count). The fraction of sp³-hybridized carbons (Fsp3) is 0.400. The minimum Gasteiger partial charge on any atom is -0.423 e. The monoisotopic (exact) mass is 258 g/mol. The number of hydrogen-bond donors (Lipinski definition) is 2. The molecule has 88 valence electrons. The summed E-state index contributed by atoms with van der Waals surface area (Å²) in [7, 11) is 1.92. The molecule has 0 aliphatic heterocycles. The van der Waals surface area contributed by atoms with E-state index in [1.165, 1.54) is 0 Å². The van der Waals surface area contributed by atoms with Gasteiger partial charge in [-0.05, 0) is 24.5 Å². The molecular weight excluding hydrogens is 243 g/mol. The first-order valence-electron chi connectivity index (χ1n) is 5.07. The lowest BCUT2D eigenvalue weighted by Crippen LogP contribution is -2.29. The van der Waals surface area contributed by atoms with Crippen LogP contribution in [0.5, 0.6) is 0 Å². The Balaban J connectivity index is 2.33. The first-order valence-corrected chi connectivity index (χ1v) is 7.39. The molecule has 0 atom stereocenters. The zero-order chi connectivity index (χ0) is 11.8. The molecule has 0 saturated heterocycles. The van der Waals surface area contributed by atoms with Crippen molar-refractivity contribution in [3.63, 3.8) is 0 Å². The van der Waals surface area contributed by atoms with Gasteiger partial charge in [0.15, 0.2) is 0 Å². The molecule has 0 bridgehead atoms. The maximum atomic E-state index is 9.01. The molecule has 0 aliphatic carbocycles. The van der Waals surface area contributed by atoms with E-state index in [1.54, 1.807) is 33.7 Å². The SMILES string of the molecule is CCOCCSSc1cccc(B(O)O)c1. The summed E-state index contributed by atoms with van der Waals surface area (Å²) in [5.74, 6) is 0.921. The predicted molar refractivity (Wildman–Crippen MR) is 71.1 cm³/mol. The quantitative estimate of drug-likeness (QED) is 0.436. The van der Waals surface area contributed by atoms with Gasteiger partial charge >= 0.3 is 7.12 Å². The van der Waals surface area contributed by atoms with Crippen LogP contribution in [0.15, 0.2) is 29.2 Å². The van der Waals surface area contributed by atoms with Crippen LogP contribution in [0, 0.1) is 0 Å². The molecule has 6 heteroatoms. The summed E-state index contributed by atoms with van der Waals surface area (Å²) >= 11 is 0. The molecule has 16 heavy (non-hydrogen) atoms. The van der Waals surface area contributed by atoms with Gasteiger partial charge in [0, 0.05) is 17.3 Å². The summed E-state index contributed by atoms with van der Waals surface area (Å²) in [6, 6.07) is 7.24. The zero-order valence-corrected chi connectivity index (χ0v) is 10.8. The van der Waals surface area contributed by atoms with Gasteiger partial charge < -0.3 is 14.8 Å². The number of benzene rings is 1. The smallest absolute Gasteiger partial charge is 0.423 e. The molecule has 2 N–H and O–H groups in total. The highest BCUT2D eigenvalue weighted by Gasteiger charge is 2.10. The van der Waals surface area contributed by atoms with E-state index in [0.29, 0.717) is 5.46 Å². The van der Waals surface area contributed by atoms with E-state index in [1.807, 2.05) is 19.1 Å². The molecule has 0 fully saturated rings. The third kappa shape index (κ3) is 5.27. The van der Waals surface area contributed by atoms with E-state index in [9.17, 15) is 0 Å². The van der Waals surface area contributed by atoms with Crippen molar-refractivity contribution in [1.82, 2.24) is 0 Å². The van der Waals surface area contributed by atoms with E-state index in [0.717, 1.165) is 23.9 Å². The second-order valence-corrected chi connectivity index (χ2v) is 5.54. The first-order chi connectivity index (χ1) is 7.74. The normalized spacial score (nSPS) is 10.4. The van der Waals surface area contributed by atoms with Crippen molar-refractivity contribution in [2.75, 3.05) is 19.0 Å². The number of rotatable bonds is 7. The molecule has 3 nitrogen and oxygen atoms in total. The van der Waals surface area contributed by atoms with E-state index < -0.39 is 7.12 Å². The van der Waals surface area contributed by atoms with Gasteiger partial charge in [-0.15, -0.1) is 0 Å². The van der Waals surface area contributed by atoms with Crippen LogP contribution in [0.4, 0.5) is 0 Å². The Bertz CT molecular complexity index is 310. The Morgan fingerprint density at radius 2 is 2.19 bits per heavy atom. The average Bonchev–Trinajstić information content (AvgIpc) is 2.29. The highest BCUT2D eigenvalue weighted by atomic mass is 33.1. The summed E-state index contributed by atoms with van der Waals surface area (Å²) in [5.41, 5.74) is 0.524. The van der Waals surface area contributed by atoms with Crippen molar-refractivity contribution in [3.8, 4) is 0 Å². The maximum absolute atomic E-state index is 9.01. The van der Waals surface area contributed by atoms with Gasteiger partial charge in [0.25, 0.3) is 0 Å². The molecule has 1 aromatic rings. The minimum absolute atomic E-state index is 0.524. The van der Waals surface area contributed by atoms with Crippen molar-refractivity contribution in [3.05, 3.63) is 24.3 Å². The Morgan fingerprint density at radius 1 is 1.38 bits per heavy atom. The summed E-state index contributed by atoms with van der Waals surface area (Å²) in [5, 5.41) is 18.0. The molecule has 0 saturated carbocycles. The lowest BCUT2D eigenvalue weighted by molar-refractivity contribution is 0.165. The van der Waals surface area contributed by atoms with Crippen molar-refractivity contribution >= 4 is 34.2 Å². The molecule has 0 heterocycles. The van der Waals surface area contributed by atoms with E-state index in [4.69, 9.17) is 14.8 Å². The van der Waals surface area contributed by atoms with Gasteiger partial charge in [-0.1, -0.05) is 33.7 Å². The maximum Gasteiger partial charge on any atom is 0.488 e. The highest BCUT2D eigenvalue weighted by molar-refractivity contribution is 8.76. The van der Waals surface area contributed by atoms with Crippen molar-refractivity contribution in [2.24, 2.45) is 0 Å². The van der Waals surface area contributed by atoms with E-state index in [-0.39, 0.29) is 0 Å². The van der Waals surface area contributed by atoms with Crippen LogP contribution in [0.3, 0.4) is 0 Å². The van der Waals surface area contributed by atoms with Crippen molar-refractivity contribution in [2.45, 2.75) is 11.8 Å². The van der Waals surface area contributed by atoms with Crippen molar-refractivity contribution < 1.29 is 14.8 Å². The van der Waals surface area contributed by atoms with E-state index >= 15 is 0 Å². The van der Waals surface area contributed by atoms with Crippen molar-refractivity contribution in [1.29, 1.82) is 0 Å². The number of hydrogen-bond acceptors (Lipinski definition) is 5. The summed E-state index contributed by atoms with van der Waals surface area (Å²) < 4.78 is 5.22. The van der Waals surface area contributed by atoms with Crippen LogP contribution < -0.4 is 5.46 Å². The molecular formula is C10H15BO3S2. The van der Waals surface area contributed by atoms with Gasteiger partial charge in [0.2, 0.25) is 0 Å². The second-order valence-electron chi connectivity index (χ2n) is 3.05. The Hall–Kier alpha value is -0.135.